The van der Waals surface area contributed by atoms with Crippen LogP contribution in [0.3, 0.4) is 0 Å². The van der Waals surface area contributed by atoms with Crippen LogP contribution in [0.25, 0.3) is 21.9 Å². The molecule has 0 radical (unpaired) electrons. The third-order valence-electron chi connectivity index (χ3n) is 4.95. The number of rotatable bonds is 7. The van der Waals surface area contributed by atoms with Gasteiger partial charge in [0, 0.05) is 30.2 Å². The number of pyridine rings is 1. The van der Waals surface area contributed by atoms with Gasteiger partial charge in [-0.3, -0.25) is 4.79 Å². The van der Waals surface area contributed by atoms with Gasteiger partial charge < -0.3 is 14.2 Å². The molecule has 3 aromatic rings. The van der Waals surface area contributed by atoms with Gasteiger partial charge in [-0.25, -0.2) is 0 Å². The quantitative estimate of drug-likeness (QED) is 0.645. The van der Waals surface area contributed by atoms with Crippen molar-refractivity contribution in [2.75, 3.05) is 26.7 Å². The van der Waals surface area contributed by atoms with E-state index in [-0.39, 0.29) is 5.56 Å². The van der Waals surface area contributed by atoms with Gasteiger partial charge in [0.15, 0.2) is 0 Å². The Balaban J connectivity index is 2.09. The zero-order chi connectivity index (χ0) is 18.5. The number of fused-ring (bicyclic) bond motifs is 1. The van der Waals surface area contributed by atoms with Gasteiger partial charge in [-0.15, -0.1) is 0 Å². The summed E-state index contributed by atoms with van der Waals surface area (Å²) in [7, 11) is 1.66. The lowest BCUT2D eigenvalue weighted by molar-refractivity contribution is 0.289. The standard InChI is InChI=1S/C22H26N2O2/c1-4-23(5-2)14-15-24-16-21(17-10-12-18(26-3)13-11-17)19-8-6-7-9-20(19)22(24)25/h6-13,16H,4-5,14-15H2,1-3H3. The molecular weight excluding hydrogens is 324 g/mol. The highest BCUT2D eigenvalue weighted by molar-refractivity contribution is 5.95. The third-order valence-corrected chi connectivity index (χ3v) is 4.95. The van der Waals surface area contributed by atoms with E-state index in [9.17, 15) is 4.79 Å². The van der Waals surface area contributed by atoms with E-state index in [0.717, 1.165) is 47.3 Å². The molecule has 136 valence electrons. The minimum absolute atomic E-state index is 0.0741. The highest BCUT2D eigenvalue weighted by Crippen LogP contribution is 2.28. The molecule has 4 heteroatoms. The van der Waals surface area contributed by atoms with E-state index in [1.54, 1.807) is 7.11 Å². The van der Waals surface area contributed by atoms with Crippen LogP contribution in [-0.4, -0.2) is 36.2 Å². The largest absolute Gasteiger partial charge is 0.497 e. The molecule has 2 aromatic carbocycles. The zero-order valence-corrected chi connectivity index (χ0v) is 15.7. The smallest absolute Gasteiger partial charge is 0.258 e. The van der Waals surface area contributed by atoms with E-state index < -0.39 is 0 Å². The lowest BCUT2D eigenvalue weighted by Crippen LogP contribution is -2.30. The molecular formula is C22H26N2O2. The molecule has 0 aliphatic carbocycles. The van der Waals surface area contributed by atoms with Crippen molar-refractivity contribution < 1.29 is 4.74 Å². The van der Waals surface area contributed by atoms with Crippen LogP contribution in [0, 0.1) is 0 Å². The normalized spacial score (nSPS) is 11.2. The Bertz CT molecular complexity index is 925. The maximum Gasteiger partial charge on any atom is 0.258 e. The van der Waals surface area contributed by atoms with Gasteiger partial charge >= 0.3 is 0 Å². The number of aromatic nitrogens is 1. The van der Waals surface area contributed by atoms with E-state index in [0.29, 0.717) is 6.54 Å². The van der Waals surface area contributed by atoms with E-state index in [2.05, 4.69) is 18.7 Å². The van der Waals surface area contributed by atoms with Crippen LogP contribution >= 0.6 is 0 Å². The predicted octanol–water partition coefficient (Wildman–Crippen LogP) is 4.02. The van der Waals surface area contributed by atoms with Crippen molar-refractivity contribution in [1.82, 2.24) is 9.47 Å². The van der Waals surface area contributed by atoms with Crippen LogP contribution in [0.15, 0.2) is 59.5 Å². The van der Waals surface area contributed by atoms with Crippen molar-refractivity contribution in [1.29, 1.82) is 0 Å². The Morgan fingerprint density at radius 2 is 1.62 bits per heavy atom. The van der Waals surface area contributed by atoms with E-state index >= 15 is 0 Å². The molecule has 0 aliphatic rings. The molecule has 0 atom stereocenters. The third kappa shape index (κ3) is 3.65. The van der Waals surface area contributed by atoms with Gasteiger partial charge in [0.05, 0.1) is 7.11 Å². The predicted molar refractivity (Wildman–Crippen MR) is 108 cm³/mol. The number of hydrogen-bond acceptors (Lipinski definition) is 3. The van der Waals surface area contributed by atoms with Gasteiger partial charge in [0.25, 0.3) is 5.56 Å². The fourth-order valence-electron chi connectivity index (χ4n) is 3.30. The number of ether oxygens (including phenoxy) is 1. The fourth-order valence-corrected chi connectivity index (χ4v) is 3.30. The van der Waals surface area contributed by atoms with Crippen LogP contribution < -0.4 is 10.3 Å². The molecule has 0 N–H and O–H groups in total. The van der Waals surface area contributed by atoms with Gasteiger partial charge in [-0.1, -0.05) is 44.2 Å². The summed E-state index contributed by atoms with van der Waals surface area (Å²) in [4.78, 5) is 15.3. The lowest BCUT2D eigenvalue weighted by Gasteiger charge is -2.19. The van der Waals surface area contributed by atoms with Crippen LogP contribution in [0.1, 0.15) is 13.8 Å². The van der Waals surface area contributed by atoms with E-state index in [1.807, 2.05) is 59.3 Å². The number of methoxy groups -OCH3 is 1. The van der Waals surface area contributed by atoms with Crippen LogP contribution in [0.5, 0.6) is 5.75 Å². The Hall–Kier alpha value is -2.59. The summed E-state index contributed by atoms with van der Waals surface area (Å²) in [5.41, 5.74) is 2.23. The molecule has 0 unspecified atom stereocenters. The summed E-state index contributed by atoms with van der Waals surface area (Å²) in [5.74, 6) is 0.827. The van der Waals surface area contributed by atoms with Crippen molar-refractivity contribution >= 4 is 10.8 Å². The summed E-state index contributed by atoms with van der Waals surface area (Å²) >= 11 is 0. The molecule has 1 heterocycles. The second-order valence-electron chi connectivity index (χ2n) is 6.34. The first-order chi connectivity index (χ1) is 12.7. The summed E-state index contributed by atoms with van der Waals surface area (Å²) in [6.45, 7) is 7.83. The minimum atomic E-state index is 0.0741. The number of nitrogens with zero attached hydrogens (tertiary/aromatic N) is 2. The summed E-state index contributed by atoms with van der Waals surface area (Å²) < 4.78 is 7.11. The van der Waals surface area contributed by atoms with E-state index in [4.69, 9.17) is 4.74 Å². The second-order valence-corrected chi connectivity index (χ2v) is 6.34. The first kappa shape index (κ1) is 18.2. The molecule has 0 fully saturated rings. The van der Waals surface area contributed by atoms with Crippen molar-refractivity contribution in [3.05, 3.63) is 65.1 Å². The average molecular weight is 350 g/mol. The van der Waals surface area contributed by atoms with E-state index in [1.165, 1.54) is 0 Å². The summed E-state index contributed by atoms with van der Waals surface area (Å²) in [5, 5.41) is 1.75. The first-order valence-corrected chi connectivity index (χ1v) is 9.16. The van der Waals surface area contributed by atoms with Crippen molar-refractivity contribution in [2.24, 2.45) is 0 Å². The van der Waals surface area contributed by atoms with Crippen molar-refractivity contribution in [3.8, 4) is 16.9 Å². The van der Waals surface area contributed by atoms with Crippen LogP contribution in [-0.2, 0) is 6.54 Å². The van der Waals surface area contributed by atoms with Gasteiger partial charge in [-0.05, 0) is 42.2 Å². The van der Waals surface area contributed by atoms with Crippen LogP contribution in [0.2, 0.25) is 0 Å². The lowest BCUT2D eigenvalue weighted by atomic mass is 10.0. The molecule has 3 rings (SSSR count). The zero-order valence-electron chi connectivity index (χ0n) is 15.7. The highest BCUT2D eigenvalue weighted by Gasteiger charge is 2.11. The maximum atomic E-state index is 12.9. The monoisotopic (exact) mass is 350 g/mol. The molecule has 0 bridgehead atoms. The SMILES string of the molecule is CCN(CC)CCn1cc(-c2ccc(OC)cc2)c2ccccc2c1=O. The summed E-state index contributed by atoms with van der Waals surface area (Å²) in [6, 6.07) is 15.8. The molecule has 0 saturated carbocycles. The van der Waals surface area contributed by atoms with Gasteiger partial charge in [0.2, 0.25) is 0 Å². The molecule has 0 aliphatic heterocycles. The van der Waals surface area contributed by atoms with Crippen molar-refractivity contribution in [2.45, 2.75) is 20.4 Å². The minimum Gasteiger partial charge on any atom is -0.497 e. The van der Waals surface area contributed by atoms with Crippen molar-refractivity contribution in [3.63, 3.8) is 0 Å². The summed E-state index contributed by atoms with van der Waals surface area (Å²) in [6.07, 6.45) is 2.00. The molecule has 1 aromatic heterocycles. The molecule has 0 amide bonds. The van der Waals surface area contributed by atoms with Crippen LogP contribution in [0.4, 0.5) is 0 Å². The molecule has 4 nitrogen and oxygen atoms in total. The topological polar surface area (TPSA) is 34.5 Å². The highest BCUT2D eigenvalue weighted by atomic mass is 16.5. The average Bonchev–Trinajstić information content (AvgIpc) is 2.70. The Kier molecular flexibility index (Phi) is 5.74. The Morgan fingerprint density at radius 1 is 0.962 bits per heavy atom. The first-order valence-electron chi connectivity index (χ1n) is 9.16. The Labute approximate surface area is 154 Å². The maximum absolute atomic E-state index is 12.9. The molecule has 26 heavy (non-hydrogen) atoms. The second kappa shape index (κ2) is 8.19. The van der Waals surface area contributed by atoms with Gasteiger partial charge in [-0.2, -0.15) is 0 Å². The van der Waals surface area contributed by atoms with Gasteiger partial charge in [0.1, 0.15) is 5.75 Å². The fraction of sp³-hybridized carbons (Fsp3) is 0.318. The number of hydrogen-bond donors (Lipinski definition) is 0. The number of benzene rings is 2. The molecule has 0 spiro atoms. The number of likely N-dealkylation sites (N-methyl/N-ethyl adjacent to an activating group) is 1. The molecule has 0 saturated heterocycles. The Morgan fingerprint density at radius 3 is 2.23 bits per heavy atom.